The Balaban J connectivity index is 2.32. The summed E-state index contributed by atoms with van der Waals surface area (Å²) in [5.41, 5.74) is 0.933. The van der Waals surface area contributed by atoms with Gasteiger partial charge in [0.25, 0.3) is 0 Å². The van der Waals surface area contributed by atoms with Gasteiger partial charge in [-0.1, -0.05) is 19.1 Å². The first-order valence-electron chi connectivity index (χ1n) is 6.78. The van der Waals surface area contributed by atoms with Gasteiger partial charge in [-0.25, -0.2) is 13.4 Å². The molecule has 0 bridgehead atoms. The van der Waals surface area contributed by atoms with Crippen LogP contribution < -0.4 is 5.32 Å². The molecule has 1 N–H and O–H groups in total. The molecule has 6 nitrogen and oxygen atoms in total. The number of hydrogen-bond acceptors (Lipinski definition) is 5. The van der Waals surface area contributed by atoms with Crippen molar-refractivity contribution in [2.24, 2.45) is 7.05 Å². The van der Waals surface area contributed by atoms with E-state index in [1.54, 1.807) is 22.9 Å². The van der Waals surface area contributed by atoms with E-state index in [0.29, 0.717) is 11.3 Å². The predicted octanol–water partition coefficient (Wildman–Crippen LogP) is 1.11. The van der Waals surface area contributed by atoms with E-state index in [0.717, 1.165) is 17.9 Å². The summed E-state index contributed by atoms with van der Waals surface area (Å²) in [5.74, 6) is 0.853. The van der Waals surface area contributed by atoms with Gasteiger partial charge >= 0.3 is 0 Å². The molecule has 0 spiro atoms. The molecular weight excluding hydrogens is 288 g/mol. The van der Waals surface area contributed by atoms with E-state index in [1.807, 2.05) is 20.0 Å². The molecule has 0 aliphatic heterocycles. The molecule has 0 aliphatic rings. The molecule has 1 unspecified atom stereocenters. The third-order valence-corrected chi connectivity index (χ3v) is 4.44. The summed E-state index contributed by atoms with van der Waals surface area (Å²) in [6.07, 6.45) is 3.39. The highest BCUT2D eigenvalue weighted by Crippen LogP contribution is 2.20. The molecule has 0 fully saturated rings. The third kappa shape index (κ3) is 3.89. The van der Waals surface area contributed by atoms with E-state index in [-0.39, 0.29) is 6.04 Å². The number of hydrogen-bond donors (Lipinski definition) is 1. The highest BCUT2D eigenvalue weighted by Gasteiger charge is 2.16. The SMILES string of the molecule is CCNC(Cc1ncnn1C)c1cccc(S(C)(=O)=O)c1. The van der Waals surface area contributed by atoms with Crippen LogP contribution in [-0.4, -0.2) is 36.0 Å². The normalized spacial score (nSPS) is 13.3. The zero-order chi connectivity index (χ0) is 15.5. The largest absolute Gasteiger partial charge is 0.310 e. The van der Waals surface area contributed by atoms with Crippen molar-refractivity contribution in [3.8, 4) is 0 Å². The van der Waals surface area contributed by atoms with Crippen LogP contribution in [0.15, 0.2) is 35.5 Å². The van der Waals surface area contributed by atoms with E-state index < -0.39 is 9.84 Å². The van der Waals surface area contributed by atoms with Gasteiger partial charge in [0.15, 0.2) is 9.84 Å². The van der Waals surface area contributed by atoms with Crippen LogP contribution >= 0.6 is 0 Å². The smallest absolute Gasteiger partial charge is 0.175 e. The van der Waals surface area contributed by atoms with Gasteiger partial charge in [0, 0.05) is 25.8 Å². The fraction of sp³-hybridized carbons (Fsp3) is 0.429. The molecule has 1 atom stereocenters. The molecule has 0 aliphatic carbocycles. The summed E-state index contributed by atoms with van der Waals surface area (Å²) < 4.78 is 25.1. The molecule has 1 heterocycles. The minimum Gasteiger partial charge on any atom is -0.310 e. The maximum absolute atomic E-state index is 11.7. The Hall–Kier alpha value is -1.73. The van der Waals surface area contributed by atoms with Crippen molar-refractivity contribution in [2.75, 3.05) is 12.8 Å². The second kappa shape index (κ2) is 6.36. The van der Waals surface area contributed by atoms with Gasteiger partial charge in [0.1, 0.15) is 12.2 Å². The van der Waals surface area contributed by atoms with E-state index >= 15 is 0 Å². The van der Waals surface area contributed by atoms with E-state index in [2.05, 4.69) is 15.4 Å². The lowest BCUT2D eigenvalue weighted by atomic mass is 10.0. The van der Waals surface area contributed by atoms with E-state index in [9.17, 15) is 8.42 Å². The monoisotopic (exact) mass is 308 g/mol. The van der Waals surface area contributed by atoms with Gasteiger partial charge < -0.3 is 5.32 Å². The first-order chi connectivity index (χ1) is 9.91. The molecule has 1 aromatic heterocycles. The Morgan fingerprint density at radius 3 is 2.71 bits per heavy atom. The summed E-state index contributed by atoms with van der Waals surface area (Å²) in [4.78, 5) is 4.56. The quantitative estimate of drug-likeness (QED) is 0.865. The maximum Gasteiger partial charge on any atom is 0.175 e. The Morgan fingerprint density at radius 2 is 2.14 bits per heavy atom. The molecule has 21 heavy (non-hydrogen) atoms. The number of nitrogens with one attached hydrogen (secondary N) is 1. The number of likely N-dealkylation sites (N-methyl/N-ethyl adjacent to an activating group) is 1. The van der Waals surface area contributed by atoms with Crippen molar-refractivity contribution < 1.29 is 8.42 Å². The molecule has 2 rings (SSSR count). The Bertz CT molecular complexity index is 709. The Kier molecular flexibility index (Phi) is 4.74. The highest BCUT2D eigenvalue weighted by atomic mass is 32.2. The van der Waals surface area contributed by atoms with Gasteiger partial charge in [0.05, 0.1) is 4.90 Å². The summed E-state index contributed by atoms with van der Waals surface area (Å²) >= 11 is 0. The Labute approximate surface area is 125 Å². The number of nitrogens with zero attached hydrogens (tertiary/aromatic N) is 3. The minimum atomic E-state index is -3.20. The lowest BCUT2D eigenvalue weighted by molar-refractivity contribution is 0.521. The van der Waals surface area contributed by atoms with Gasteiger partial charge in [-0.05, 0) is 24.2 Å². The molecule has 0 radical (unpaired) electrons. The zero-order valence-electron chi connectivity index (χ0n) is 12.4. The molecule has 1 aromatic carbocycles. The van der Waals surface area contributed by atoms with Crippen molar-refractivity contribution in [1.29, 1.82) is 0 Å². The van der Waals surface area contributed by atoms with Gasteiger partial charge in [0.2, 0.25) is 0 Å². The van der Waals surface area contributed by atoms with Crippen molar-refractivity contribution in [3.05, 3.63) is 42.0 Å². The average Bonchev–Trinajstić information content (AvgIpc) is 2.83. The summed E-state index contributed by atoms with van der Waals surface area (Å²) in [6, 6.07) is 7.04. The topological polar surface area (TPSA) is 76.9 Å². The van der Waals surface area contributed by atoms with Gasteiger partial charge in [-0.2, -0.15) is 5.10 Å². The number of aryl methyl sites for hydroxylation is 1. The van der Waals surface area contributed by atoms with Crippen LogP contribution in [0, 0.1) is 0 Å². The van der Waals surface area contributed by atoms with Crippen LogP contribution in [0.2, 0.25) is 0 Å². The first-order valence-corrected chi connectivity index (χ1v) is 8.67. The molecule has 0 saturated carbocycles. The highest BCUT2D eigenvalue weighted by molar-refractivity contribution is 7.90. The van der Waals surface area contributed by atoms with Crippen LogP contribution in [0.1, 0.15) is 24.4 Å². The van der Waals surface area contributed by atoms with Crippen molar-refractivity contribution in [3.63, 3.8) is 0 Å². The predicted molar refractivity (Wildman–Crippen MR) is 80.7 cm³/mol. The van der Waals surface area contributed by atoms with Gasteiger partial charge in [-0.3, -0.25) is 4.68 Å². The zero-order valence-corrected chi connectivity index (χ0v) is 13.3. The molecule has 0 saturated heterocycles. The lowest BCUT2D eigenvalue weighted by Crippen LogP contribution is -2.24. The van der Waals surface area contributed by atoms with Crippen LogP contribution in [0.4, 0.5) is 0 Å². The summed E-state index contributed by atoms with van der Waals surface area (Å²) in [5, 5.41) is 7.43. The van der Waals surface area contributed by atoms with Crippen LogP contribution in [0.25, 0.3) is 0 Å². The fourth-order valence-corrected chi connectivity index (χ4v) is 2.88. The van der Waals surface area contributed by atoms with Gasteiger partial charge in [-0.15, -0.1) is 0 Å². The first kappa shape index (κ1) is 15.7. The van der Waals surface area contributed by atoms with Crippen LogP contribution in [0.3, 0.4) is 0 Å². The number of rotatable bonds is 6. The van der Waals surface area contributed by atoms with Crippen LogP contribution in [0.5, 0.6) is 0 Å². The third-order valence-electron chi connectivity index (χ3n) is 3.33. The van der Waals surface area contributed by atoms with E-state index in [1.165, 1.54) is 12.6 Å². The summed E-state index contributed by atoms with van der Waals surface area (Å²) in [6.45, 7) is 2.80. The second-order valence-corrected chi connectivity index (χ2v) is 6.97. The average molecular weight is 308 g/mol. The number of benzene rings is 1. The summed E-state index contributed by atoms with van der Waals surface area (Å²) in [7, 11) is -1.36. The molecule has 7 heteroatoms. The molecule has 0 amide bonds. The van der Waals surface area contributed by atoms with Crippen molar-refractivity contribution in [1.82, 2.24) is 20.1 Å². The maximum atomic E-state index is 11.7. The van der Waals surface area contributed by atoms with Crippen molar-refractivity contribution >= 4 is 9.84 Å². The number of sulfone groups is 1. The molecular formula is C14H20N4O2S. The molecule has 114 valence electrons. The molecule has 2 aromatic rings. The fourth-order valence-electron chi connectivity index (χ4n) is 2.20. The van der Waals surface area contributed by atoms with Crippen LogP contribution in [-0.2, 0) is 23.3 Å². The standard InChI is InChI=1S/C14H20N4O2S/c1-4-15-13(9-14-16-10-17-18(14)2)11-6-5-7-12(8-11)21(3,19)20/h5-8,10,13,15H,4,9H2,1-3H3. The minimum absolute atomic E-state index is 0.000370. The van der Waals surface area contributed by atoms with E-state index in [4.69, 9.17) is 0 Å². The second-order valence-electron chi connectivity index (χ2n) is 4.96. The Morgan fingerprint density at radius 1 is 1.38 bits per heavy atom. The lowest BCUT2D eigenvalue weighted by Gasteiger charge is -2.18. The number of aromatic nitrogens is 3. The van der Waals surface area contributed by atoms with Crippen molar-refractivity contribution in [2.45, 2.75) is 24.3 Å².